The Bertz CT molecular complexity index is 856. The van der Waals surface area contributed by atoms with E-state index in [1.54, 1.807) is 6.20 Å². The molecular formula is C21H23N3O2. The zero-order chi connectivity index (χ0) is 17.9. The maximum absolute atomic E-state index is 5.93. The maximum Gasteiger partial charge on any atom is 0.231 e. The predicted molar refractivity (Wildman–Crippen MR) is 101 cm³/mol. The van der Waals surface area contributed by atoms with Crippen LogP contribution in [0, 0.1) is 17.8 Å². The number of nitrogen functional groups attached to an aromatic ring is 1. The molecule has 4 rings (SSSR count). The fourth-order valence-electron chi connectivity index (χ4n) is 3.55. The SMILES string of the molecule is CC(c1ccc2c(c1)OCO2)N1CCCC(C#Cc2ncccc2N)C1. The minimum absolute atomic E-state index is 0.311. The number of hydrogen-bond donors (Lipinski definition) is 1. The lowest BCUT2D eigenvalue weighted by Crippen LogP contribution is -2.36. The van der Waals surface area contributed by atoms with Crippen LogP contribution in [0.5, 0.6) is 11.5 Å². The summed E-state index contributed by atoms with van der Waals surface area (Å²) in [6.45, 7) is 4.59. The van der Waals surface area contributed by atoms with Gasteiger partial charge in [-0.2, -0.15) is 0 Å². The van der Waals surface area contributed by atoms with Gasteiger partial charge < -0.3 is 15.2 Å². The molecule has 2 atom stereocenters. The van der Waals surface area contributed by atoms with Gasteiger partial charge in [0.25, 0.3) is 0 Å². The molecule has 0 bridgehead atoms. The van der Waals surface area contributed by atoms with Crippen LogP contribution in [0.15, 0.2) is 36.5 Å². The average Bonchev–Trinajstić information content (AvgIpc) is 3.15. The normalized spacial score (nSPS) is 20.3. The topological polar surface area (TPSA) is 60.6 Å². The van der Waals surface area contributed by atoms with Crippen molar-refractivity contribution in [1.29, 1.82) is 0 Å². The Morgan fingerprint density at radius 2 is 2.15 bits per heavy atom. The van der Waals surface area contributed by atoms with Crippen molar-refractivity contribution in [3.8, 4) is 23.3 Å². The molecule has 134 valence electrons. The maximum atomic E-state index is 5.93. The quantitative estimate of drug-likeness (QED) is 0.844. The number of likely N-dealkylation sites (tertiary alicyclic amines) is 1. The summed E-state index contributed by atoms with van der Waals surface area (Å²) < 4.78 is 10.9. The number of ether oxygens (including phenoxy) is 2. The van der Waals surface area contributed by atoms with Gasteiger partial charge in [0.2, 0.25) is 6.79 Å². The first-order chi connectivity index (χ1) is 12.7. The lowest BCUT2D eigenvalue weighted by molar-refractivity contribution is 0.152. The lowest BCUT2D eigenvalue weighted by Gasteiger charge is -2.35. The molecule has 1 saturated heterocycles. The molecular weight excluding hydrogens is 326 g/mol. The van der Waals surface area contributed by atoms with Gasteiger partial charge in [0.1, 0.15) is 5.69 Å². The summed E-state index contributed by atoms with van der Waals surface area (Å²) in [4.78, 5) is 6.75. The summed E-state index contributed by atoms with van der Waals surface area (Å²) in [6.07, 6.45) is 3.99. The van der Waals surface area contributed by atoms with Crippen molar-refractivity contribution in [2.75, 3.05) is 25.6 Å². The highest BCUT2D eigenvalue weighted by atomic mass is 16.7. The van der Waals surface area contributed by atoms with Crippen molar-refractivity contribution in [3.63, 3.8) is 0 Å². The fraction of sp³-hybridized carbons (Fsp3) is 0.381. The molecule has 5 nitrogen and oxygen atoms in total. The highest BCUT2D eigenvalue weighted by Crippen LogP contribution is 2.36. The number of nitrogens with two attached hydrogens (primary N) is 1. The molecule has 2 unspecified atom stereocenters. The zero-order valence-electron chi connectivity index (χ0n) is 14.9. The summed E-state index contributed by atoms with van der Waals surface area (Å²) in [5.41, 5.74) is 8.50. The highest BCUT2D eigenvalue weighted by molar-refractivity contribution is 5.51. The molecule has 1 fully saturated rings. The number of rotatable bonds is 2. The van der Waals surface area contributed by atoms with Gasteiger partial charge >= 0.3 is 0 Å². The van der Waals surface area contributed by atoms with E-state index in [1.165, 1.54) is 5.56 Å². The third kappa shape index (κ3) is 3.47. The van der Waals surface area contributed by atoms with Crippen molar-refractivity contribution >= 4 is 5.69 Å². The number of aromatic nitrogens is 1. The van der Waals surface area contributed by atoms with Crippen LogP contribution in [0.1, 0.15) is 37.1 Å². The van der Waals surface area contributed by atoms with Crippen LogP contribution in [-0.4, -0.2) is 29.8 Å². The van der Waals surface area contributed by atoms with E-state index in [2.05, 4.69) is 40.8 Å². The zero-order valence-corrected chi connectivity index (χ0v) is 14.9. The minimum Gasteiger partial charge on any atom is -0.454 e. The molecule has 0 spiro atoms. The van der Waals surface area contributed by atoms with E-state index in [0.717, 1.165) is 37.4 Å². The fourth-order valence-corrected chi connectivity index (χ4v) is 3.55. The molecule has 0 saturated carbocycles. The van der Waals surface area contributed by atoms with E-state index in [1.807, 2.05) is 18.2 Å². The molecule has 0 amide bonds. The smallest absolute Gasteiger partial charge is 0.231 e. The van der Waals surface area contributed by atoms with E-state index in [-0.39, 0.29) is 0 Å². The Balaban J connectivity index is 1.46. The average molecular weight is 349 g/mol. The van der Waals surface area contributed by atoms with Crippen molar-refractivity contribution in [2.24, 2.45) is 5.92 Å². The van der Waals surface area contributed by atoms with E-state index < -0.39 is 0 Å². The number of benzene rings is 1. The Hall–Kier alpha value is -2.71. The summed E-state index contributed by atoms with van der Waals surface area (Å²) in [7, 11) is 0. The molecule has 2 aromatic rings. The molecule has 26 heavy (non-hydrogen) atoms. The van der Waals surface area contributed by atoms with Gasteiger partial charge in [-0.1, -0.05) is 12.0 Å². The van der Waals surface area contributed by atoms with E-state index in [9.17, 15) is 0 Å². The summed E-state index contributed by atoms with van der Waals surface area (Å²) >= 11 is 0. The second-order valence-corrected chi connectivity index (χ2v) is 6.83. The number of fused-ring (bicyclic) bond motifs is 1. The van der Waals surface area contributed by atoms with Crippen LogP contribution < -0.4 is 15.2 Å². The predicted octanol–water partition coefficient (Wildman–Crippen LogP) is 3.22. The first-order valence-corrected chi connectivity index (χ1v) is 9.06. The van der Waals surface area contributed by atoms with Crippen LogP contribution in [0.25, 0.3) is 0 Å². The molecule has 5 heteroatoms. The number of piperidine rings is 1. The second kappa shape index (κ2) is 7.27. The van der Waals surface area contributed by atoms with Crippen molar-refractivity contribution in [2.45, 2.75) is 25.8 Å². The number of nitrogens with zero attached hydrogens (tertiary/aromatic N) is 2. The Kier molecular flexibility index (Phi) is 4.68. The summed E-state index contributed by atoms with van der Waals surface area (Å²) in [5.74, 6) is 8.55. The van der Waals surface area contributed by atoms with E-state index in [4.69, 9.17) is 15.2 Å². The largest absolute Gasteiger partial charge is 0.454 e. The van der Waals surface area contributed by atoms with Gasteiger partial charge in [-0.05, 0) is 62.1 Å². The summed E-state index contributed by atoms with van der Waals surface area (Å²) in [5, 5.41) is 0. The monoisotopic (exact) mass is 349 g/mol. The van der Waals surface area contributed by atoms with Crippen molar-refractivity contribution in [1.82, 2.24) is 9.88 Å². The van der Waals surface area contributed by atoms with Crippen LogP contribution >= 0.6 is 0 Å². The highest BCUT2D eigenvalue weighted by Gasteiger charge is 2.25. The standard InChI is InChI=1S/C21H23N3O2/c1-15(17-7-9-20-21(12-17)26-14-25-20)24-11-3-4-16(13-24)6-8-19-18(22)5-2-10-23-19/h2,5,7,9-10,12,15-16H,3-4,11,13-14,22H2,1H3. The number of pyridine rings is 1. The summed E-state index contributed by atoms with van der Waals surface area (Å²) in [6, 6.07) is 10.2. The molecule has 2 aliphatic heterocycles. The van der Waals surface area contributed by atoms with Crippen LogP contribution in [-0.2, 0) is 0 Å². The Morgan fingerprint density at radius 1 is 1.27 bits per heavy atom. The third-order valence-electron chi connectivity index (χ3n) is 5.11. The molecule has 2 N–H and O–H groups in total. The molecule has 3 heterocycles. The Morgan fingerprint density at radius 3 is 3.04 bits per heavy atom. The first-order valence-electron chi connectivity index (χ1n) is 9.06. The number of hydrogen-bond acceptors (Lipinski definition) is 5. The van der Waals surface area contributed by atoms with Crippen LogP contribution in [0.2, 0.25) is 0 Å². The van der Waals surface area contributed by atoms with Crippen LogP contribution in [0.4, 0.5) is 5.69 Å². The van der Waals surface area contributed by atoms with E-state index in [0.29, 0.717) is 30.1 Å². The van der Waals surface area contributed by atoms with Gasteiger partial charge in [-0.15, -0.1) is 0 Å². The third-order valence-corrected chi connectivity index (χ3v) is 5.11. The number of anilines is 1. The first kappa shape index (κ1) is 16.7. The van der Waals surface area contributed by atoms with Gasteiger partial charge in [0, 0.05) is 24.7 Å². The molecule has 0 aliphatic carbocycles. The molecule has 2 aliphatic rings. The van der Waals surface area contributed by atoms with Gasteiger partial charge in [0.05, 0.1) is 5.69 Å². The second-order valence-electron chi connectivity index (χ2n) is 6.83. The Labute approximate surface area is 154 Å². The van der Waals surface area contributed by atoms with Gasteiger partial charge in [0.15, 0.2) is 11.5 Å². The van der Waals surface area contributed by atoms with Gasteiger partial charge in [-0.25, -0.2) is 4.98 Å². The molecule has 1 aromatic carbocycles. The molecule has 1 aromatic heterocycles. The van der Waals surface area contributed by atoms with Crippen molar-refractivity contribution < 1.29 is 9.47 Å². The van der Waals surface area contributed by atoms with Crippen molar-refractivity contribution in [3.05, 3.63) is 47.8 Å². The van der Waals surface area contributed by atoms with Crippen LogP contribution in [0.3, 0.4) is 0 Å². The molecule has 0 radical (unpaired) electrons. The van der Waals surface area contributed by atoms with Gasteiger partial charge in [-0.3, -0.25) is 4.90 Å². The van der Waals surface area contributed by atoms with E-state index >= 15 is 0 Å². The minimum atomic E-state index is 0.311. The lowest BCUT2D eigenvalue weighted by atomic mass is 9.95.